The van der Waals surface area contributed by atoms with Crippen molar-refractivity contribution in [2.45, 2.75) is 12.5 Å². The van der Waals surface area contributed by atoms with Crippen molar-refractivity contribution in [1.82, 2.24) is 9.78 Å². The molecule has 3 nitrogen and oxygen atoms in total. The van der Waals surface area contributed by atoms with Crippen molar-refractivity contribution in [2.24, 2.45) is 7.05 Å². The maximum absolute atomic E-state index is 5.96. The molecule has 0 saturated heterocycles. The van der Waals surface area contributed by atoms with Crippen LogP contribution in [0.3, 0.4) is 0 Å². The van der Waals surface area contributed by atoms with Crippen LogP contribution in [0.2, 0.25) is 0 Å². The molecule has 21 heavy (non-hydrogen) atoms. The smallest absolute Gasteiger partial charge is 0.138 e. The minimum atomic E-state index is 0.411. The highest BCUT2D eigenvalue weighted by Crippen LogP contribution is 2.31. The number of hydrogen-bond donors (Lipinski definition) is 0. The van der Waals surface area contributed by atoms with E-state index < -0.39 is 0 Å². The number of benzene rings is 2. The van der Waals surface area contributed by atoms with Gasteiger partial charge < -0.3 is 4.74 Å². The van der Waals surface area contributed by atoms with Crippen LogP contribution in [0.25, 0.3) is 10.9 Å². The molecule has 0 amide bonds. The lowest BCUT2D eigenvalue weighted by Gasteiger charge is -2.11. The van der Waals surface area contributed by atoms with Crippen molar-refractivity contribution in [1.29, 1.82) is 0 Å². The van der Waals surface area contributed by atoms with Crippen LogP contribution in [0.1, 0.15) is 11.3 Å². The summed E-state index contributed by atoms with van der Waals surface area (Å²) in [5.41, 5.74) is 2.98. The highest BCUT2D eigenvalue weighted by atomic mass is 79.9. The average Bonchev–Trinajstić information content (AvgIpc) is 2.83. The molecule has 0 unspecified atom stereocenters. The fourth-order valence-corrected chi connectivity index (χ4v) is 3.09. The molecule has 0 N–H and O–H groups in total. The second kappa shape index (κ2) is 6.08. The summed E-state index contributed by atoms with van der Waals surface area (Å²) in [7, 11) is 1.94. The summed E-state index contributed by atoms with van der Waals surface area (Å²) in [4.78, 5) is 0. The number of aromatic nitrogens is 2. The molecule has 108 valence electrons. The summed E-state index contributed by atoms with van der Waals surface area (Å²) in [6.45, 7) is 0.411. The summed E-state index contributed by atoms with van der Waals surface area (Å²) in [5.74, 6) is 1.19. The first-order valence-electron chi connectivity index (χ1n) is 6.57. The molecule has 0 saturated carbocycles. The minimum absolute atomic E-state index is 0.411. The largest absolute Gasteiger partial charge is 0.486 e. The first-order chi connectivity index (χ1) is 10.2. The van der Waals surface area contributed by atoms with Crippen molar-refractivity contribution in [3.63, 3.8) is 0 Å². The van der Waals surface area contributed by atoms with Gasteiger partial charge in [-0.3, -0.25) is 4.68 Å². The standard InChI is InChI=1S/C16H14BrClN2O/c1-20-15-8-3-2-6-12(15)14(19-20)10-21-16-11(9-18)5-4-7-13(16)17/h2-8H,9-10H2,1H3. The van der Waals surface area contributed by atoms with Crippen LogP contribution in [0.15, 0.2) is 46.9 Å². The first-order valence-corrected chi connectivity index (χ1v) is 7.90. The summed E-state index contributed by atoms with van der Waals surface area (Å²) in [6.07, 6.45) is 0. The molecule has 3 rings (SSSR count). The fourth-order valence-electron chi connectivity index (χ4n) is 2.36. The molecule has 1 heterocycles. The zero-order valence-corrected chi connectivity index (χ0v) is 13.9. The quantitative estimate of drug-likeness (QED) is 0.629. The van der Waals surface area contributed by atoms with Crippen LogP contribution in [0.5, 0.6) is 5.75 Å². The van der Waals surface area contributed by atoms with Gasteiger partial charge in [-0.1, -0.05) is 30.3 Å². The third-order valence-electron chi connectivity index (χ3n) is 3.38. The van der Waals surface area contributed by atoms with Crippen LogP contribution < -0.4 is 4.74 Å². The van der Waals surface area contributed by atoms with Crippen molar-refractivity contribution >= 4 is 38.4 Å². The molecule has 0 aliphatic carbocycles. The Bertz CT molecular complexity index is 785. The average molecular weight is 366 g/mol. The monoisotopic (exact) mass is 364 g/mol. The van der Waals surface area contributed by atoms with E-state index in [1.165, 1.54) is 0 Å². The van der Waals surface area contributed by atoms with E-state index in [4.69, 9.17) is 16.3 Å². The van der Waals surface area contributed by atoms with Gasteiger partial charge in [0.15, 0.2) is 0 Å². The molecule has 0 spiro atoms. The zero-order valence-electron chi connectivity index (χ0n) is 11.5. The highest BCUT2D eigenvalue weighted by Gasteiger charge is 2.11. The molecular weight excluding hydrogens is 352 g/mol. The number of nitrogens with zero attached hydrogens (tertiary/aromatic N) is 2. The third kappa shape index (κ3) is 2.78. The Hall–Kier alpha value is -1.52. The molecule has 0 bridgehead atoms. The summed E-state index contributed by atoms with van der Waals surface area (Å²) in [6, 6.07) is 14.0. The van der Waals surface area contributed by atoms with Gasteiger partial charge in [-0.15, -0.1) is 11.6 Å². The Balaban J connectivity index is 1.91. The van der Waals surface area contributed by atoms with Gasteiger partial charge in [0.2, 0.25) is 0 Å². The zero-order chi connectivity index (χ0) is 14.8. The van der Waals surface area contributed by atoms with Crippen LogP contribution >= 0.6 is 27.5 Å². The Morgan fingerprint density at radius 1 is 1.19 bits per heavy atom. The van der Waals surface area contributed by atoms with E-state index in [-0.39, 0.29) is 0 Å². The SMILES string of the molecule is Cn1nc(COc2c(Br)cccc2CCl)c2ccccc21. The second-order valence-corrected chi connectivity index (χ2v) is 5.86. The maximum Gasteiger partial charge on any atom is 0.138 e. The molecule has 1 aromatic heterocycles. The molecule has 0 radical (unpaired) electrons. The number of halogens is 2. The molecule has 2 aromatic carbocycles. The van der Waals surface area contributed by atoms with E-state index >= 15 is 0 Å². The first kappa shape index (κ1) is 14.4. The van der Waals surface area contributed by atoms with Gasteiger partial charge in [-0.25, -0.2) is 0 Å². The Morgan fingerprint density at radius 3 is 2.81 bits per heavy atom. The Kier molecular flexibility index (Phi) is 4.17. The fraction of sp³-hybridized carbons (Fsp3) is 0.188. The van der Waals surface area contributed by atoms with E-state index in [1.807, 2.05) is 42.1 Å². The number of alkyl halides is 1. The molecule has 3 aromatic rings. The van der Waals surface area contributed by atoms with Gasteiger partial charge in [-0.2, -0.15) is 5.10 Å². The Labute approximate surface area is 136 Å². The number of ether oxygens (including phenoxy) is 1. The molecule has 5 heteroatoms. The van der Waals surface area contributed by atoms with E-state index in [1.54, 1.807) is 0 Å². The number of fused-ring (bicyclic) bond motifs is 1. The molecule has 0 atom stereocenters. The summed E-state index contributed by atoms with van der Waals surface area (Å²) in [5, 5.41) is 5.64. The van der Waals surface area contributed by atoms with E-state index in [0.29, 0.717) is 12.5 Å². The van der Waals surface area contributed by atoms with Crippen LogP contribution in [-0.4, -0.2) is 9.78 Å². The van der Waals surface area contributed by atoms with Gasteiger partial charge >= 0.3 is 0 Å². The predicted octanol–water partition coefficient (Wildman–Crippen LogP) is 4.65. The normalized spacial score (nSPS) is 11.0. The third-order valence-corrected chi connectivity index (χ3v) is 4.29. The number of para-hydroxylation sites is 2. The van der Waals surface area contributed by atoms with E-state index in [2.05, 4.69) is 33.2 Å². The molecular formula is C16H14BrClN2O. The minimum Gasteiger partial charge on any atom is -0.486 e. The van der Waals surface area contributed by atoms with Crippen LogP contribution in [-0.2, 0) is 19.5 Å². The van der Waals surface area contributed by atoms with E-state index in [0.717, 1.165) is 32.4 Å². The van der Waals surface area contributed by atoms with Crippen LogP contribution in [0, 0.1) is 0 Å². The van der Waals surface area contributed by atoms with Gasteiger partial charge in [-0.05, 0) is 28.1 Å². The number of rotatable bonds is 4. The van der Waals surface area contributed by atoms with E-state index in [9.17, 15) is 0 Å². The van der Waals surface area contributed by atoms with Gasteiger partial charge in [0.25, 0.3) is 0 Å². The van der Waals surface area contributed by atoms with Gasteiger partial charge in [0, 0.05) is 18.0 Å². The second-order valence-electron chi connectivity index (χ2n) is 4.74. The summed E-state index contributed by atoms with van der Waals surface area (Å²) >= 11 is 9.47. The number of aryl methyl sites for hydroxylation is 1. The maximum atomic E-state index is 5.96. The molecule has 0 fully saturated rings. The van der Waals surface area contributed by atoms with Crippen molar-refractivity contribution in [3.8, 4) is 5.75 Å². The molecule has 0 aliphatic rings. The summed E-state index contributed by atoms with van der Waals surface area (Å²) < 4.78 is 8.73. The van der Waals surface area contributed by atoms with Crippen molar-refractivity contribution in [2.75, 3.05) is 0 Å². The van der Waals surface area contributed by atoms with Gasteiger partial charge in [0.05, 0.1) is 15.9 Å². The Morgan fingerprint density at radius 2 is 2.00 bits per heavy atom. The van der Waals surface area contributed by atoms with Crippen molar-refractivity contribution in [3.05, 3.63) is 58.2 Å². The molecule has 0 aliphatic heterocycles. The van der Waals surface area contributed by atoms with Crippen LogP contribution in [0.4, 0.5) is 0 Å². The topological polar surface area (TPSA) is 27.1 Å². The lowest BCUT2D eigenvalue weighted by molar-refractivity contribution is 0.297. The number of hydrogen-bond acceptors (Lipinski definition) is 2. The highest BCUT2D eigenvalue weighted by molar-refractivity contribution is 9.10. The van der Waals surface area contributed by atoms with Crippen molar-refractivity contribution < 1.29 is 4.74 Å². The lowest BCUT2D eigenvalue weighted by atomic mass is 10.2. The predicted molar refractivity (Wildman–Crippen MR) is 88.7 cm³/mol. The van der Waals surface area contributed by atoms with Gasteiger partial charge in [0.1, 0.15) is 18.1 Å². The lowest BCUT2D eigenvalue weighted by Crippen LogP contribution is -2.00.